The quantitative estimate of drug-likeness (QED) is 0.673. The summed E-state index contributed by atoms with van der Waals surface area (Å²) in [7, 11) is 0. The van der Waals surface area contributed by atoms with Gasteiger partial charge in [-0.15, -0.1) is 0 Å². The van der Waals surface area contributed by atoms with Crippen LogP contribution in [-0.4, -0.2) is 5.78 Å². The van der Waals surface area contributed by atoms with E-state index >= 15 is 0 Å². The maximum absolute atomic E-state index is 10.6. The van der Waals surface area contributed by atoms with E-state index in [2.05, 4.69) is 20.8 Å². The minimum absolute atomic E-state index is 0.121. The van der Waals surface area contributed by atoms with E-state index in [1.54, 1.807) is 6.92 Å². The first-order valence-electron chi connectivity index (χ1n) is 5.67. The summed E-state index contributed by atoms with van der Waals surface area (Å²) in [5.41, 5.74) is 0.775. The highest BCUT2D eigenvalue weighted by atomic mass is 16.1. The Morgan fingerprint density at radius 3 is 1.80 bits per heavy atom. The Morgan fingerprint density at radius 2 is 1.60 bits per heavy atom. The van der Waals surface area contributed by atoms with Gasteiger partial charge < -0.3 is 0 Å². The van der Waals surface area contributed by atoms with Crippen LogP contribution in [0.1, 0.15) is 50.9 Å². The topological polar surface area (TPSA) is 17.1 Å². The number of benzene rings is 1. The largest absolute Gasteiger partial charge is 0.295 e. The predicted molar refractivity (Wildman–Crippen MR) is 66.2 cm³/mol. The van der Waals surface area contributed by atoms with Crippen LogP contribution in [0.15, 0.2) is 30.3 Å². The number of rotatable bonds is 3. The van der Waals surface area contributed by atoms with Crippen molar-refractivity contribution in [3.63, 3.8) is 0 Å². The fourth-order valence-electron chi connectivity index (χ4n) is 0.962. The van der Waals surface area contributed by atoms with Crippen LogP contribution in [0, 0.1) is 5.92 Å². The lowest BCUT2D eigenvalue weighted by molar-refractivity contribution is 0.101. The van der Waals surface area contributed by atoms with Gasteiger partial charge in [-0.2, -0.15) is 0 Å². The lowest BCUT2D eigenvalue weighted by atomic mass is 10.1. The van der Waals surface area contributed by atoms with Gasteiger partial charge in [0.05, 0.1) is 0 Å². The molecule has 0 amide bonds. The van der Waals surface area contributed by atoms with Crippen molar-refractivity contribution in [3.05, 3.63) is 35.9 Å². The van der Waals surface area contributed by atoms with Crippen LogP contribution >= 0.6 is 0 Å². The summed E-state index contributed by atoms with van der Waals surface area (Å²) in [6.45, 7) is 8.30. The highest BCUT2D eigenvalue weighted by Crippen LogP contribution is 2.02. The van der Waals surface area contributed by atoms with Gasteiger partial charge in [0.25, 0.3) is 0 Å². The Morgan fingerprint density at radius 1 is 1.13 bits per heavy atom. The molecular weight excluding hydrogens is 184 g/mol. The summed E-state index contributed by atoms with van der Waals surface area (Å²) in [6.07, 6.45) is 2.66. The predicted octanol–water partition coefficient (Wildman–Crippen LogP) is 4.33. The van der Waals surface area contributed by atoms with Crippen molar-refractivity contribution in [2.24, 2.45) is 5.92 Å². The third kappa shape index (κ3) is 6.89. The lowest BCUT2D eigenvalue weighted by Gasteiger charge is -1.98. The van der Waals surface area contributed by atoms with E-state index < -0.39 is 0 Å². The van der Waals surface area contributed by atoms with Crippen LogP contribution in [0.2, 0.25) is 0 Å². The number of carbonyl (C=O) groups is 1. The molecule has 0 radical (unpaired) electrons. The van der Waals surface area contributed by atoms with Gasteiger partial charge in [-0.1, -0.05) is 63.9 Å². The molecule has 0 heterocycles. The molecule has 1 nitrogen and oxygen atoms in total. The molecule has 1 aromatic carbocycles. The highest BCUT2D eigenvalue weighted by molar-refractivity contribution is 5.93. The average molecular weight is 206 g/mol. The first kappa shape index (κ1) is 13.9. The van der Waals surface area contributed by atoms with Crippen LogP contribution in [0.3, 0.4) is 0 Å². The Bertz CT molecular complexity index is 260. The van der Waals surface area contributed by atoms with Crippen molar-refractivity contribution in [1.82, 2.24) is 0 Å². The van der Waals surface area contributed by atoms with Crippen molar-refractivity contribution in [2.75, 3.05) is 0 Å². The Labute approximate surface area is 93.5 Å². The molecule has 0 saturated heterocycles. The molecule has 0 aliphatic carbocycles. The minimum atomic E-state index is 0.121. The fraction of sp³-hybridized carbons (Fsp3) is 0.500. The molecule has 1 heteroatoms. The molecule has 0 N–H and O–H groups in total. The molecule has 0 atom stereocenters. The molecule has 0 bridgehead atoms. The highest BCUT2D eigenvalue weighted by Gasteiger charge is 1.92. The molecule has 84 valence electrons. The minimum Gasteiger partial charge on any atom is -0.295 e. The maximum Gasteiger partial charge on any atom is 0.159 e. The molecule has 1 aromatic rings. The van der Waals surface area contributed by atoms with Crippen LogP contribution in [-0.2, 0) is 0 Å². The van der Waals surface area contributed by atoms with E-state index in [1.807, 2.05) is 30.3 Å². The van der Waals surface area contributed by atoms with E-state index in [9.17, 15) is 4.79 Å². The normalized spacial score (nSPS) is 9.40. The zero-order chi connectivity index (χ0) is 11.7. The summed E-state index contributed by atoms with van der Waals surface area (Å²) in [5.74, 6) is 1.06. The second kappa shape index (κ2) is 8.22. The molecule has 15 heavy (non-hydrogen) atoms. The monoisotopic (exact) mass is 206 g/mol. The zero-order valence-electron chi connectivity index (χ0n) is 10.3. The van der Waals surface area contributed by atoms with E-state index in [0.29, 0.717) is 0 Å². The molecule has 0 fully saturated rings. The van der Waals surface area contributed by atoms with Crippen molar-refractivity contribution in [1.29, 1.82) is 0 Å². The van der Waals surface area contributed by atoms with Gasteiger partial charge in [-0.05, 0) is 12.8 Å². The van der Waals surface area contributed by atoms with Gasteiger partial charge in [-0.25, -0.2) is 0 Å². The number of hydrogen-bond donors (Lipinski definition) is 0. The summed E-state index contributed by atoms with van der Waals surface area (Å²) >= 11 is 0. The average Bonchev–Trinajstić information content (AvgIpc) is 2.30. The van der Waals surface area contributed by atoms with Crippen LogP contribution in [0.4, 0.5) is 0 Å². The first-order valence-corrected chi connectivity index (χ1v) is 5.67. The molecule has 0 aliphatic rings. The number of hydrogen-bond acceptors (Lipinski definition) is 1. The summed E-state index contributed by atoms with van der Waals surface area (Å²) in [5, 5.41) is 0. The summed E-state index contributed by atoms with van der Waals surface area (Å²) in [4.78, 5) is 10.6. The molecule has 0 saturated carbocycles. The van der Waals surface area contributed by atoms with E-state index in [4.69, 9.17) is 0 Å². The van der Waals surface area contributed by atoms with E-state index in [1.165, 1.54) is 12.8 Å². The van der Waals surface area contributed by atoms with Gasteiger partial charge in [0, 0.05) is 5.56 Å². The second-order valence-corrected chi connectivity index (χ2v) is 3.84. The zero-order valence-corrected chi connectivity index (χ0v) is 10.3. The molecule has 1 rings (SSSR count). The Balaban J connectivity index is 0.000000288. The third-order valence-corrected chi connectivity index (χ3v) is 2.57. The number of Topliss-reactive ketones (excluding diaryl/α,β-unsaturated/α-hetero) is 1. The Kier molecular flexibility index (Phi) is 7.61. The van der Waals surface area contributed by atoms with Crippen molar-refractivity contribution in [2.45, 2.75) is 40.5 Å². The van der Waals surface area contributed by atoms with Gasteiger partial charge in [0.15, 0.2) is 5.78 Å². The number of carbonyl (C=O) groups excluding carboxylic acids is 1. The van der Waals surface area contributed by atoms with Crippen LogP contribution in [0.5, 0.6) is 0 Å². The number of ketones is 1. The van der Waals surface area contributed by atoms with Crippen molar-refractivity contribution >= 4 is 5.78 Å². The van der Waals surface area contributed by atoms with Gasteiger partial charge in [0.1, 0.15) is 0 Å². The SMILES string of the molecule is CC(=O)c1ccccc1.CCC(C)CC. The molecule has 0 aromatic heterocycles. The van der Waals surface area contributed by atoms with E-state index in [-0.39, 0.29) is 5.78 Å². The summed E-state index contributed by atoms with van der Waals surface area (Å²) < 4.78 is 0. The summed E-state index contributed by atoms with van der Waals surface area (Å²) in [6, 6.07) is 9.23. The first-order chi connectivity index (χ1) is 7.11. The van der Waals surface area contributed by atoms with Gasteiger partial charge >= 0.3 is 0 Å². The van der Waals surface area contributed by atoms with Crippen LogP contribution < -0.4 is 0 Å². The second-order valence-electron chi connectivity index (χ2n) is 3.84. The Hall–Kier alpha value is -1.11. The maximum atomic E-state index is 10.6. The van der Waals surface area contributed by atoms with E-state index in [0.717, 1.165) is 11.5 Å². The van der Waals surface area contributed by atoms with Gasteiger partial charge in [0.2, 0.25) is 0 Å². The van der Waals surface area contributed by atoms with Crippen LogP contribution in [0.25, 0.3) is 0 Å². The molecule has 0 spiro atoms. The standard InChI is InChI=1S/C8H8O.C6H14/c1-7(9)8-5-3-2-4-6-8;1-4-6(3)5-2/h2-6H,1H3;6H,4-5H2,1-3H3. The van der Waals surface area contributed by atoms with Crippen molar-refractivity contribution < 1.29 is 4.79 Å². The van der Waals surface area contributed by atoms with Crippen molar-refractivity contribution in [3.8, 4) is 0 Å². The smallest absolute Gasteiger partial charge is 0.159 e. The third-order valence-electron chi connectivity index (χ3n) is 2.57. The molecular formula is C14H22O. The fourth-order valence-corrected chi connectivity index (χ4v) is 0.962. The van der Waals surface area contributed by atoms with Gasteiger partial charge in [-0.3, -0.25) is 4.79 Å². The molecule has 0 aliphatic heterocycles. The molecule has 0 unspecified atom stereocenters. The lowest BCUT2D eigenvalue weighted by Crippen LogP contribution is -1.88.